The summed E-state index contributed by atoms with van der Waals surface area (Å²) >= 11 is 0. The molecule has 0 radical (unpaired) electrons. The summed E-state index contributed by atoms with van der Waals surface area (Å²) in [5.41, 5.74) is 4.19. The average molecular weight is 510 g/mol. The Kier molecular flexibility index (Phi) is 9.07. The van der Waals surface area contributed by atoms with Gasteiger partial charge in [0.05, 0.1) is 5.70 Å². The van der Waals surface area contributed by atoms with Gasteiger partial charge in [0.1, 0.15) is 5.60 Å². The third kappa shape index (κ3) is 8.44. The van der Waals surface area contributed by atoms with Gasteiger partial charge in [0.25, 0.3) is 0 Å². The molecule has 7 nitrogen and oxygen atoms in total. The van der Waals surface area contributed by atoms with Crippen molar-refractivity contribution < 1.29 is 23.0 Å². The number of aryl methyl sites for hydroxylation is 1. The smallest absolute Gasteiger partial charge is 0.444 e. The van der Waals surface area contributed by atoms with Gasteiger partial charge >= 0.3 is 13.5 Å². The monoisotopic (exact) mass is 510 g/mol. The van der Waals surface area contributed by atoms with Gasteiger partial charge in [0.15, 0.2) is 0 Å². The molecule has 2 heterocycles. The molecule has 196 valence electrons. The Morgan fingerprint density at radius 2 is 1.78 bits per heavy atom. The first-order valence-electron chi connectivity index (χ1n) is 12.2. The van der Waals surface area contributed by atoms with Crippen LogP contribution in [0, 0.1) is 0 Å². The molecule has 37 heavy (non-hydrogen) atoms. The average Bonchev–Trinajstić information content (AvgIpc) is 3.34. The number of carbonyl (C=O) groups excluding carboxylic acids is 2. The van der Waals surface area contributed by atoms with Gasteiger partial charge in [-0.1, -0.05) is 12.1 Å². The molecule has 0 saturated carbocycles. The van der Waals surface area contributed by atoms with Gasteiger partial charge in [-0.15, -0.1) is 0 Å². The minimum absolute atomic E-state index is 0.0600. The molecular formula is C27H33BF2N4O3. The van der Waals surface area contributed by atoms with E-state index in [0.29, 0.717) is 35.7 Å². The fraction of sp³-hybridized carbons (Fsp3) is 0.370. The summed E-state index contributed by atoms with van der Waals surface area (Å²) in [4.78, 5) is 28.6. The molecular weight excluding hydrogens is 477 g/mol. The van der Waals surface area contributed by atoms with E-state index in [1.54, 1.807) is 51.1 Å². The number of rotatable bonds is 9. The first-order chi connectivity index (χ1) is 17.4. The summed E-state index contributed by atoms with van der Waals surface area (Å²) in [6.45, 7) is 9.58. The van der Waals surface area contributed by atoms with Crippen LogP contribution in [-0.2, 0) is 22.4 Å². The summed E-state index contributed by atoms with van der Waals surface area (Å²) < 4.78 is 33.8. The van der Waals surface area contributed by atoms with E-state index in [2.05, 4.69) is 15.6 Å². The first kappa shape index (κ1) is 27.9. The normalized spacial score (nSPS) is 14.3. The number of anilines is 1. The van der Waals surface area contributed by atoms with Crippen LogP contribution in [0.1, 0.15) is 58.0 Å². The largest absolute Gasteiger partial charge is 0.677 e. The minimum Gasteiger partial charge on any atom is -0.444 e. The molecule has 1 aromatic heterocycles. The number of halogens is 2. The molecule has 1 aliphatic rings. The lowest BCUT2D eigenvalue weighted by Gasteiger charge is -2.19. The number of aliphatic imine (C=N–C) groups is 1. The van der Waals surface area contributed by atoms with Crippen molar-refractivity contribution in [2.45, 2.75) is 59.5 Å². The number of allylic oxidation sites excluding steroid dienone is 2. The number of alkyl carbamates (subject to hydrolysis) is 1. The molecule has 0 aliphatic carbocycles. The van der Waals surface area contributed by atoms with Gasteiger partial charge in [-0.3, -0.25) is 18.4 Å². The van der Waals surface area contributed by atoms with E-state index in [1.807, 2.05) is 32.1 Å². The van der Waals surface area contributed by atoms with E-state index < -0.39 is 19.1 Å². The minimum atomic E-state index is -2.73. The number of hydrogen-bond donors (Lipinski definition) is 2. The van der Waals surface area contributed by atoms with E-state index in [0.717, 1.165) is 21.3 Å². The van der Waals surface area contributed by atoms with E-state index in [-0.39, 0.29) is 18.7 Å². The van der Waals surface area contributed by atoms with Crippen LogP contribution in [0.2, 0.25) is 0 Å². The molecule has 3 rings (SSSR count). The number of hydrogen-bond acceptors (Lipinski definition) is 4. The lowest BCUT2D eigenvalue weighted by atomic mass is 10.1. The molecule has 0 saturated heterocycles. The molecule has 0 atom stereocenters. The maximum absolute atomic E-state index is 13.8. The van der Waals surface area contributed by atoms with Crippen molar-refractivity contribution in [1.82, 2.24) is 9.79 Å². The van der Waals surface area contributed by atoms with Gasteiger partial charge in [-0.2, -0.15) is 0 Å². The quantitative estimate of drug-likeness (QED) is 0.427. The highest BCUT2D eigenvalue weighted by Gasteiger charge is 2.24. The summed E-state index contributed by atoms with van der Waals surface area (Å²) in [5, 5.41) is 5.51. The van der Waals surface area contributed by atoms with Crippen LogP contribution in [0.4, 0.5) is 19.1 Å². The van der Waals surface area contributed by atoms with Crippen LogP contribution in [0.5, 0.6) is 0 Å². The SMILES string of the molecule is CC1=CC(C)=N/C1=C\c1ccc(CCC(=O)Nc2ccc(CCNC(=O)OC(C)(C)C)cc2)n1B(F)F. The van der Waals surface area contributed by atoms with Crippen molar-refractivity contribution >= 4 is 36.9 Å². The molecule has 0 spiro atoms. The fourth-order valence-corrected chi connectivity index (χ4v) is 3.89. The molecule has 1 aromatic carbocycles. The van der Waals surface area contributed by atoms with Crippen LogP contribution in [0.3, 0.4) is 0 Å². The second-order valence-corrected chi connectivity index (χ2v) is 9.93. The molecule has 2 N–H and O–H groups in total. The van der Waals surface area contributed by atoms with Crippen LogP contribution in [-0.4, -0.2) is 41.7 Å². The van der Waals surface area contributed by atoms with Gasteiger partial charge in [-0.05, 0) is 95.0 Å². The second kappa shape index (κ2) is 12.0. The standard InChI is InChI=1S/C27H33BF2N4O3/c1-18-16-19(2)32-24(18)17-23-11-10-22(34(23)28(29)30)12-13-25(35)33-21-8-6-20(7-9-21)14-15-31-26(36)37-27(3,4)5/h6-11,16-17H,12-15H2,1-5H3,(H,31,36)(H,33,35)/b24-17-. The van der Waals surface area contributed by atoms with Crippen molar-refractivity contribution in [1.29, 1.82) is 0 Å². The Bertz CT molecular complexity index is 1230. The van der Waals surface area contributed by atoms with Gasteiger partial charge in [-0.25, -0.2) is 4.79 Å². The molecule has 0 fully saturated rings. The van der Waals surface area contributed by atoms with Crippen LogP contribution in [0.15, 0.2) is 58.7 Å². The predicted molar refractivity (Wildman–Crippen MR) is 144 cm³/mol. The van der Waals surface area contributed by atoms with Crippen molar-refractivity contribution in [3.63, 3.8) is 0 Å². The van der Waals surface area contributed by atoms with E-state index in [1.165, 1.54) is 0 Å². The highest BCUT2D eigenvalue weighted by Crippen LogP contribution is 2.24. The molecule has 1 aliphatic heterocycles. The number of aromatic nitrogens is 1. The zero-order valence-corrected chi connectivity index (χ0v) is 21.9. The lowest BCUT2D eigenvalue weighted by molar-refractivity contribution is -0.116. The maximum atomic E-state index is 13.8. The van der Waals surface area contributed by atoms with Crippen LogP contribution < -0.4 is 10.6 Å². The maximum Gasteiger partial charge on any atom is 0.677 e. The van der Waals surface area contributed by atoms with Crippen LogP contribution >= 0.6 is 0 Å². The van der Waals surface area contributed by atoms with Gasteiger partial charge in [0, 0.05) is 35.8 Å². The number of nitrogens with one attached hydrogen (secondary N) is 2. The third-order valence-electron chi connectivity index (χ3n) is 5.57. The number of nitrogens with zero attached hydrogens (tertiary/aromatic N) is 2. The zero-order chi connectivity index (χ0) is 27.2. The molecule has 0 unspecified atom stereocenters. The summed E-state index contributed by atoms with van der Waals surface area (Å²) in [6.07, 6.45) is 3.92. The van der Waals surface area contributed by atoms with Crippen molar-refractivity contribution in [2.24, 2.45) is 4.99 Å². The Morgan fingerprint density at radius 3 is 2.38 bits per heavy atom. The molecule has 2 aromatic rings. The van der Waals surface area contributed by atoms with Crippen molar-refractivity contribution in [3.05, 3.63) is 70.7 Å². The highest BCUT2D eigenvalue weighted by molar-refractivity contribution is 6.41. The summed E-state index contributed by atoms with van der Waals surface area (Å²) in [5.74, 6) is -0.268. The van der Waals surface area contributed by atoms with Gasteiger partial charge in [0.2, 0.25) is 5.91 Å². The number of carbonyl (C=O) groups is 2. The Morgan fingerprint density at radius 1 is 1.08 bits per heavy atom. The first-order valence-corrected chi connectivity index (χ1v) is 12.2. The van der Waals surface area contributed by atoms with Crippen molar-refractivity contribution in [3.8, 4) is 0 Å². The summed E-state index contributed by atoms with van der Waals surface area (Å²) in [6, 6.07) is 10.5. The Balaban J connectivity index is 1.52. The van der Waals surface area contributed by atoms with Crippen LogP contribution in [0.25, 0.3) is 6.08 Å². The van der Waals surface area contributed by atoms with E-state index in [9.17, 15) is 18.2 Å². The van der Waals surface area contributed by atoms with E-state index in [4.69, 9.17) is 4.74 Å². The molecule has 0 bridgehead atoms. The zero-order valence-electron chi connectivity index (χ0n) is 21.9. The van der Waals surface area contributed by atoms with E-state index >= 15 is 0 Å². The van der Waals surface area contributed by atoms with Crippen molar-refractivity contribution in [2.75, 3.05) is 11.9 Å². The summed E-state index contributed by atoms with van der Waals surface area (Å²) in [7, 11) is -2.73. The topological polar surface area (TPSA) is 84.7 Å². The Hall–Kier alpha value is -3.69. The number of ether oxygens (including phenoxy) is 1. The molecule has 10 heteroatoms. The fourth-order valence-electron chi connectivity index (χ4n) is 3.89. The van der Waals surface area contributed by atoms with Gasteiger partial charge < -0.3 is 19.8 Å². The Labute approximate surface area is 216 Å². The molecule has 2 amide bonds. The number of amides is 2. The predicted octanol–water partition coefficient (Wildman–Crippen LogP) is 5.66. The number of benzene rings is 1. The third-order valence-corrected chi connectivity index (χ3v) is 5.57. The second-order valence-electron chi connectivity index (χ2n) is 9.93. The highest BCUT2D eigenvalue weighted by atomic mass is 19.2. The lowest BCUT2D eigenvalue weighted by Crippen LogP contribution is -2.33.